The molecule has 0 saturated carbocycles. The minimum absolute atomic E-state index is 0. The van der Waals surface area contributed by atoms with Gasteiger partial charge in [0.1, 0.15) is 10.6 Å². The first-order chi connectivity index (χ1) is 18.5. The fourth-order valence-corrected chi connectivity index (χ4v) is 5.15. The number of amides is 1. The van der Waals surface area contributed by atoms with E-state index >= 15 is 0 Å². The van der Waals surface area contributed by atoms with Crippen LogP contribution in [0.2, 0.25) is 10.0 Å². The van der Waals surface area contributed by atoms with Gasteiger partial charge < -0.3 is 15.2 Å². The van der Waals surface area contributed by atoms with E-state index in [1.165, 1.54) is 18.2 Å². The van der Waals surface area contributed by atoms with Crippen molar-refractivity contribution in [3.63, 3.8) is 0 Å². The van der Waals surface area contributed by atoms with Crippen LogP contribution in [0.3, 0.4) is 0 Å². The zero-order valence-corrected chi connectivity index (χ0v) is 26.1. The van der Waals surface area contributed by atoms with Crippen LogP contribution >= 0.6 is 23.2 Å². The molecule has 0 fully saturated rings. The number of hydrogen-bond acceptors (Lipinski definition) is 7. The normalized spacial score (nSPS) is 11.4. The Balaban J connectivity index is 0.00000441. The molecule has 0 aliphatic rings. The maximum absolute atomic E-state index is 13.5. The molecule has 2 N–H and O–H groups in total. The third-order valence-corrected chi connectivity index (χ3v) is 7.40. The first-order valence-corrected chi connectivity index (χ1v) is 13.9. The number of anilines is 1. The second-order valence-electron chi connectivity index (χ2n) is 8.29. The van der Waals surface area contributed by atoms with Gasteiger partial charge in [-0.05, 0) is 54.6 Å². The number of carbonyl (C=O) groups is 1. The van der Waals surface area contributed by atoms with E-state index in [2.05, 4.69) is 15.5 Å². The average molecular weight is 610 g/mol. The van der Waals surface area contributed by atoms with Crippen LogP contribution in [0, 0.1) is 0 Å². The van der Waals surface area contributed by atoms with E-state index in [1.54, 1.807) is 49.4 Å². The number of aryl methyl sites for hydroxylation is 1. The van der Waals surface area contributed by atoms with Gasteiger partial charge in [-0.25, -0.2) is 0 Å². The number of hydrogen-bond donors (Lipinski definition) is 2. The molecule has 4 aromatic carbocycles. The van der Waals surface area contributed by atoms with Crippen molar-refractivity contribution in [1.82, 2.24) is 0 Å². The van der Waals surface area contributed by atoms with Gasteiger partial charge in [-0.2, -0.15) is 18.6 Å². The van der Waals surface area contributed by atoms with Crippen LogP contribution in [0.1, 0.15) is 29.8 Å². The van der Waals surface area contributed by atoms with Crippen LogP contribution in [0.4, 0.5) is 17.1 Å². The van der Waals surface area contributed by atoms with Crippen molar-refractivity contribution in [1.29, 1.82) is 0 Å². The number of benzene rings is 4. The number of rotatable bonds is 8. The van der Waals surface area contributed by atoms with E-state index < -0.39 is 26.7 Å². The monoisotopic (exact) mass is 609 g/mol. The Bertz CT molecular complexity index is 1730. The molecule has 0 aliphatic carbocycles. The molecule has 0 aromatic heterocycles. The molecule has 13 heteroatoms. The van der Waals surface area contributed by atoms with E-state index in [1.807, 2.05) is 6.92 Å². The number of nitrogens with one attached hydrogen (secondary N) is 1. The number of fused-ring (bicyclic) bond motifs is 1. The minimum Gasteiger partial charge on any atom is -0.870 e. The summed E-state index contributed by atoms with van der Waals surface area (Å²) in [6.45, 7) is 4.04. The largest absolute Gasteiger partial charge is 1.00 e. The second kappa shape index (κ2) is 13.3. The van der Waals surface area contributed by atoms with Crippen molar-refractivity contribution in [3.05, 3.63) is 81.8 Å². The van der Waals surface area contributed by atoms with Crippen molar-refractivity contribution in [2.24, 2.45) is 10.2 Å². The molecule has 9 nitrogen and oxygen atoms in total. The third-order valence-electron chi connectivity index (χ3n) is 5.77. The standard InChI is InChI=1S/C27H23Cl2N3O6S.Na/c1-3-15-12-24(39(35,36)37)21(29)14-23(15)31-32-25-18-8-6-5-7-16(18)11-19(26(25)33)27(34)30-22-10-9-17(38-4-2)13-20(22)28;/h5-14,33H,3-4H2,1-2H3,(H,30,34)(H,35,36,37);/q;+1/p-1. The Morgan fingerprint density at radius 3 is 2.40 bits per heavy atom. The SMILES string of the molecule is CCOc1ccc(NC(=O)c2cc3ccccc3c(N=Nc3cc(Cl)c(S(=O)(=O)O)cc3CC)c2[O-])c(Cl)c1.[Na+]. The summed E-state index contributed by atoms with van der Waals surface area (Å²) in [6.07, 6.45) is 0.338. The Kier molecular flexibility index (Phi) is 10.6. The van der Waals surface area contributed by atoms with Crippen molar-refractivity contribution in [2.45, 2.75) is 25.2 Å². The Hall–Kier alpha value is -2.70. The molecule has 0 atom stereocenters. The van der Waals surface area contributed by atoms with E-state index in [-0.39, 0.29) is 56.5 Å². The van der Waals surface area contributed by atoms with E-state index in [4.69, 9.17) is 27.9 Å². The van der Waals surface area contributed by atoms with Gasteiger partial charge in [0.05, 0.1) is 33.7 Å². The zero-order chi connectivity index (χ0) is 28.3. The molecule has 0 radical (unpaired) electrons. The topological polar surface area (TPSA) is 140 Å². The van der Waals surface area contributed by atoms with Crippen LogP contribution in [-0.2, 0) is 16.5 Å². The van der Waals surface area contributed by atoms with Gasteiger partial charge in [0.2, 0.25) is 0 Å². The molecular formula is C27H22Cl2N3NaO6S. The fraction of sp³-hybridized carbons (Fsp3) is 0.148. The number of nitrogens with zero attached hydrogens (tertiary/aromatic N) is 2. The zero-order valence-electron chi connectivity index (χ0n) is 21.7. The van der Waals surface area contributed by atoms with Crippen LogP contribution in [0.25, 0.3) is 10.8 Å². The minimum atomic E-state index is -4.55. The predicted molar refractivity (Wildman–Crippen MR) is 149 cm³/mol. The fourth-order valence-electron chi connectivity index (χ4n) is 3.88. The van der Waals surface area contributed by atoms with Gasteiger partial charge in [0, 0.05) is 17.0 Å². The van der Waals surface area contributed by atoms with Crippen molar-refractivity contribution in [2.75, 3.05) is 11.9 Å². The molecular weight excluding hydrogens is 588 g/mol. The smallest absolute Gasteiger partial charge is 0.870 e. The second-order valence-corrected chi connectivity index (χ2v) is 10.5. The van der Waals surface area contributed by atoms with E-state index in [0.717, 1.165) is 0 Å². The molecule has 202 valence electrons. The molecule has 0 heterocycles. The van der Waals surface area contributed by atoms with Crippen molar-refractivity contribution in [3.8, 4) is 11.5 Å². The van der Waals surface area contributed by atoms with Gasteiger partial charge in [0.15, 0.2) is 0 Å². The van der Waals surface area contributed by atoms with Gasteiger partial charge in [-0.15, -0.1) is 0 Å². The van der Waals surface area contributed by atoms with E-state index in [0.29, 0.717) is 40.8 Å². The summed E-state index contributed by atoms with van der Waals surface area (Å²) in [5, 5.41) is 25.5. The maximum atomic E-state index is 13.5. The molecule has 0 saturated heterocycles. The molecule has 4 aromatic rings. The maximum Gasteiger partial charge on any atom is 1.00 e. The third kappa shape index (κ3) is 6.95. The summed E-state index contributed by atoms with van der Waals surface area (Å²) in [7, 11) is -4.55. The number of halogens is 2. The van der Waals surface area contributed by atoms with Gasteiger partial charge >= 0.3 is 29.6 Å². The first kappa shape index (κ1) is 31.8. The van der Waals surface area contributed by atoms with Gasteiger partial charge in [-0.3, -0.25) is 9.35 Å². The average Bonchev–Trinajstić information content (AvgIpc) is 2.89. The van der Waals surface area contributed by atoms with Crippen LogP contribution in [0.15, 0.2) is 75.8 Å². The predicted octanol–water partition coefficient (Wildman–Crippen LogP) is 4.10. The molecule has 40 heavy (non-hydrogen) atoms. The van der Waals surface area contributed by atoms with Crippen molar-refractivity contribution >= 4 is 67.1 Å². The molecule has 0 bridgehead atoms. The molecule has 1 amide bonds. The summed E-state index contributed by atoms with van der Waals surface area (Å²) in [6, 6.07) is 15.5. The summed E-state index contributed by atoms with van der Waals surface area (Å²) in [4.78, 5) is 12.7. The number of azo groups is 1. The first-order valence-electron chi connectivity index (χ1n) is 11.7. The van der Waals surface area contributed by atoms with Crippen LogP contribution in [-0.4, -0.2) is 25.5 Å². The Labute approximate surface area is 263 Å². The molecule has 0 spiro atoms. The van der Waals surface area contributed by atoms with Gasteiger partial charge in [-0.1, -0.05) is 60.1 Å². The summed E-state index contributed by atoms with van der Waals surface area (Å²) in [5.74, 6) is -0.826. The summed E-state index contributed by atoms with van der Waals surface area (Å²) < 4.78 is 38.1. The van der Waals surface area contributed by atoms with Gasteiger partial charge in [0.25, 0.3) is 16.0 Å². The Morgan fingerprint density at radius 1 is 1.02 bits per heavy atom. The molecule has 4 rings (SSSR count). The molecule has 0 aliphatic heterocycles. The quantitative estimate of drug-likeness (QED) is 0.175. The van der Waals surface area contributed by atoms with Crippen LogP contribution in [0.5, 0.6) is 11.5 Å². The van der Waals surface area contributed by atoms with Crippen molar-refractivity contribution < 1.29 is 57.2 Å². The van der Waals surface area contributed by atoms with Crippen LogP contribution < -0.4 is 44.7 Å². The number of ether oxygens (including phenoxy) is 1. The summed E-state index contributed by atoms with van der Waals surface area (Å²) >= 11 is 12.4. The van der Waals surface area contributed by atoms with E-state index in [9.17, 15) is 22.9 Å². The number of carbonyl (C=O) groups excluding carboxylic acids is 1. The Morgan fingerprint density at radius 2 is 1.75 bits per heavy atom. The molecule has 0 unspecified atom stereocenters. The summed E-state index contributed by atoms with van der Waals surface area (Å²) in [5.41, 5.74) is 0.652.